The average Bonchev–Trinajstić information content (AvgIpc) is 4.02. The van der Waals surface area contributed by atoms with Crippen LogP contribution in [0.5, 0.6) is 0 Å². The van der Waals surface area contributed by atoms with Crippen LogP contribution < -0.4 is 26.6 Å². The number of hydrogen-bond acceptors (Lipinski definition) is 7. The summed E-state index contributed by atoms with van der Waals surface area (Å²) < 4.78 is 11.2. The fourth-order valence-corrected chi connectivity index (χ4v) is 10.8. The molecule has 3 aliphatic rings. The van der Waals surface area contributed by atoms with Gasteiger partial charge >= 0.3 is 11.9 Å². The van der Waals surface area contributed by atoms with Crippen molar-refractivity contribution in [3.05, 3.63) is 90.1 Å². The van der Waals surface area contributed by atoms with E-state index in [0.29, 0.717) is 35.4 Å². The first-order chi connectivity index (χ1) is 31.1. The standard InChI is InChI=1S/C55H78N4O6/c1-12-39-34(7)42-27-44-36(9)41(23-24-48(61)65-26-25-33(6)19-15-18-32(5)20-16-22-38(30-60)21-14-17-31(3)4)52(58-44)50-51(55(63)64-11)54(62)49-37(10)45(59-53(49)50)29-47-40(13-2)35(8)43(57-47)28-46(39)56-42/h12,25,27-29,31-32,36,38,41,51-52,56-60,62H,1,13-24,26,30H2,2-11H3/b33-25-,43-28-,44-27-,47-29-/t32-,36-,38+,41-,51+,52?/m0/s1. The maximum atomic E-state index is 13.7. The highest BCUT2D eigenvalue weighted by Gasteiger charge is 2.47. The van der Waals surface area contributed by atoms with Gasteiger partial charge in [-0.05, 0) is 142 Å². The summed E-state index contributed by atoms with van der Waals surface area (Å²) in [7, 11) is 1.36. The molecule has 1 saturated heterocycles. The molecule has 0 saturated carbocycles. The van der Waals surface area contributed by atoms with Crippen LogP contribution in [-0.2, 0) is 25.5 Å². The lowest BCUT2D eigenvalue weighted by atomic mass is 9.80. The van der Waals surface area contributed by atoms with Gasteiger partial charge in [0.25, 0.3) is 0 Å². The molecule has 8 bridgehead atoms. The van der Waals surface area contributed by atoms with Crippen molar-refractivity contribution in [3.63, 3.8) is 0 Å². The second-order valence-corrected chi connectivity index (χ2v) is 19.9. The van der Waals surface area contributed by atoms with Crippen molar-refractivity contribution in [3.8, 4) is 0 Å². The summed E-state index contributed by atoms with van der Waals surface area (Å²) in [5.74, 6) is -0.189. The molecule has 6 rings (SSSR count). The molecule has 1 fully saturated rings. The van der Waals surface area contributed by atoms with Crippen LogP contribution in [0, 0.1) is 56.3 Å². The van der Waals surface area contributed by atoms with E-state index in [9.17, 15) is 19.8 Å². The van der Waals surface area contributed by atoms with Gasteiger partial charge in [-0.3, -0.25) is 9.59 Å². The predicted octanol–water partition coefficient (Wildman–Crippen LogP) is 8.34. The molecule has 1 aliphatic carbocycles. The molecule has 6 N–H and O–H groups in total. The number of aromatic amines is 3. The number of H-pyrrole nitrogens is 3. The maximum Gasteiger partial charge on any atom is 0.320 e. The van der Waals surface area contributed by atoms with Gasteiger partial charge in [0.05, 0.1) is 18.5 Å². The van der Waals surface area contributed by atoms with E-state index < -0.39 is 17.9 Å². The van der Waals surface area contributed by atoms with Crippen LogP contribution >= 0.6 is 0 Å². The van der Waals surface area contributed by atoms with Crippen LogP contribution in [0.3, 0.4) is 0 Å². The van der Waals surface area contributed by atoms with E-state index in [2.05, 4.69) is 100 Å². The third-order valence-corrected chi connectivity index (χ3v) is 14.9. The Bertz CT molecular complexity index is 2530. The van der Waals surface area contributed by atoms with E-state index in [0.717, 1.165) is 100 Å². The van der Waals surface area contributed by atoms with Crippen molar-refractivity contribution in [2.45, 2.75) is 145 Å². The predicted molar refractivity (Wildman–Crippen MR) is 264 cm³/mol. The molecule has 0 amide bonds. The SMILES string of the molecule is C=Cc1c2[nH]c(c1C)/C=C1\NC(C3=c4[nH]c(c(C)c4=C(O)[C@@H]3C(=O)OC)/C=c3\[nH]/c(c(C)c3CC)=C\2)[C@@H](CCC(=O)OC/C=C(/C)CCC[C@H](C)CCC[C@H](CO)CCCC(C)C)[C@@H]1C. The van der Waals surface area contributed by atoms with Crippen LogP contribution in [0.15, 0.2) is 23.9 Å². The number of aliphatic hydroxyl groups excluding tert-OH is 2. The number of fused-ring (bicyclic) bond motifs is 8. The molecule has 3 aromatic heterocycles. The van der Waals surface area contributed by atoms with E-state index in [-0.39, 0.29) is 36.6 Å². The molecule has 6 atom stereocenters. The number of nitrogens with one attached hydrogen (secondary N) is 4. The lowest BCUT2D eigenvalue weighted by Crippen LogP contribution is -2.38. The molecule has 5 heterocycles. The van der Waals surface area contributed by atoms with Gasteiger partial charge in [-0.15, -0.1) is 0 Å². The number of esters is 2. The molecule has 65 heavy (non-hydrogen) atoms. The van der Waals surface area contributed by atoms with Crippen molar-refractivity contribution >= 4 is 47.6 Å². The van der Waals surface area contributed by atoms with E-state index in [4.69, 9.17) is 9.47 Å². The first-order valence-corrected chi connectivity index (χ1v) is 24.5. The van der Waals surface area contributed by atoms with Gasteiger partial charge in [-0.1, -0.05) is 85.0 Å². The summed E-state index contributed by atoms with van der Waals surface area (Å²) in [5, 5.41) is 28.9. The van der Waals surface area contributed by atoms with E-state index in [1.807, 2.05) is 19.1 Å². The third-order valence-electron chi connectivity index (χ3n) is 14.9. The molecule has 354 valence electrons. The average molecular weight is 891 g/mol. The summed E-state index contributed by atoms with van der Waals surface area (Å²) in [5.41, 5.74) is 11.0. The topological polar surface area (TPSA) is 152 Å². The molecule has 10 nitrogen and oxygen atoms in total. The van der Waals surface area contributed by atoms with Crippen molar-refractivity contribution < 1.29 is 29.3 Å². The summed E-state index contributed by atoms with van der Waals surface area (Å²) >= 11 is 0. The second kappa shape index (κ2) is 22.0. The molecule has 2 aliphatic heterocycles. The lowest BCUT2D eigenvalue weighted by molar-refractivity contribution is -0.143. The largest absolute Gasteiger partial charge is 0.510 e. The minimum absolute atomic E-state index is 0.0232. The second-order valence-electron chi connectivity index (χ2n) is 19.9. The summed E-state index contributed by atoms with van der Waals surface area (Å²) in [6.45, 7) is 24.2. The number of carbonyl (C=O) groups excluding carboxylic acids is 2. The highest BCUT2D eigenvalue weighted by atomic mass is 16.5. The molecule has 10 heteroatoms. The highest BCUT2D eigenvalue weighted by molar-refractivity contribution is 5.95. The number of allylic oxidation sites excluding steroid dienone is 2. The molecule has 0 spiro atoms. The Morgan fingerprint density at radius 3 is 2.25 bits per heavy atom. The molecular formula is C55H78N4O6. The van der Waals surface area contributed by atoms with Gasteiger partial charge in [0.2, 0.25) is 0 Å². The highest BCUT2D eigenvalue weighted by Crippen LogP contribution is 2.42. The van der Waals surface area contributed by atoms with Crippen LogP contribution in [0.1, 0.15) is 157 Å². The smallest absolute Gasteiger partial charge is 0.320 e. The molecule has 1 unspecified atom stereocenters. The minimum Gasteiger partial charge on any atom is -0.510 e. The van der Waals surface area contributed by atoms with Crippen molar-refractivity contribution in [1.29, 1.82) is 0 Å². The quantitative estimate of drug-likeness (QED) is 0.0465. The number of methoxy groups -OCH3 is 1. The van der Waals surface area contributed by atoms with Crippen LogP contribution in [-0.4, -0.2) is 63.5 Å². The number of rotatable bonds is 21. The zero-order valence-electron chi connectivity index (χ0n) is 41.1. The van der Waals surface area contributed by atoms with E-state index >= 15 is 0 Å². The molecule has 0 radical (unpaired) electrons. The normalized spacial score (nSPS) is 21.8. The summed E-state index contributed by atoms with van der Waals surface area (Å²) in [6.07, 6.45) is 22.1. The summed E-state index contributed by atoms with van der Waals surface area (Å²) in [6, 6.07) is -0.406. The number of hydrogen-bond donors (Lipinski definition) is 6. The Kier molecular flexibility index (Phi) is 16.8. The minimum atomic E-state index is -1.00. The van der Waals surface area contributed by atoms with Gasteiger partial charge < -0.3 is 40.0 Å². The van der Waals surface area contributed by atoms with Crippen LogP contribution in [0.4, 0.5) is 0 Å². The molecule has 3 aromatic rings. The van der Waals surface area contributed by atoms with Crippen LogP contribution in [0.25, 0.3) is 35.6 Å². The van der Waals surface area contributed by atoms with Gasteiger partial charge in [0, 0.05) is 63.2 Å². The number of aromatic nitrogens is 3. The van der Waals surface area contributed by atoms with Gasteiger partial charge in [-0.25, -0.2) is 0 Å². The van der Waals surface area contributed by atoms with Gasteiger partial charge in [0.1, 0.15) is 18.3 Å². The molecular weight excluding hydrogens is 813 g/mol. The Balaban J connectivity index is 1.20. The van der Waals surface area contributed by atoms with Crippen molar-refractivity contribution in [1.82, 2.24) is 20.3 Å². The number of carbonyl (C=O) groups is 2. The van der Waals surface area contributed by atoms with Crippen LogP contribution in [0.2, 0.25) is 0 Å². The Labute approximate surface area is 387 Å². The lowest BCUT2D eigenvalue weighted by Gasteiger charge is -2.26. The zero-order valence-corrected chi connectivity index (χ0v) is 41.1. The Morgan fingerprint density at radius 2 is 1.57 bits per heavy atom. The number of aliphatic hydroxyl groups is 2. The molecule has 0 aromatic carbocycles. The fraction of sp³-hybridized carbons (Fsp3) is 0.564. The maximum absolute atomic E-state index is 13.7. The first kappa shape index (κ1) is 49.5. The third kappa shape index (κ3) is 11.0. The van der Waals surface area contributed by atoms with Gasteiger partial charge in [0.15, 0.2) is 0 Å². The fourth-order valence-electron chi connectivity index (χ4n) is 10.8. The van der Waals surface area contributed by atoms with Gasteiger partial charge in [-0.2, -0.15) is 0 Å². The number of ether oxygens (including phenoxy) is 2. The first-order valence-electron chi connectivity index (χ1n) is 24.5. The zero-order chi connectivity index (χ0) is 47.1. The summed E-state index contributed by atoms with van der Waals surface area (Å²) in [4.78, 5) is 38.2. The van der Waals surface area contributed by atoms with Crippen molar-refractivity contribution in [2.24, 2.45) is 35.5 Å². The Morgan fingerprint density at radius 1 is 0.877 bits per heavy atom. The van der Waals surface area contributed by atoms with E-state index in [1.165, 1.54) is 49.5 Å². The Hall–Kier alpha value is -4.96. The van der Waals surface area contributed by atoms with Crippen molar-refractivity contribution in [2.75, 3.05) is 20.3 Å². The monoisotopic (exact) mass is 891 g/mol. The van der Waals surface area contributed by atoms with E-state index in [1.54, 1.807) is 0 Å².